The Labute approximate surface area is 113 Å². The molecule has 1 spiro atoms. The minimum Gasteiger partial charge on any atom is -0.487 e. The fourth-order valence-corrected chi connectivity index (χ4v) is 2.95. The van der Waals surface area contributed by atoms with E-state index in [9.17, 15) is 0 Å². The van der Waals surface area contributed by atoms with Crippen LogP contribution in [0.4, 0.5) is 0 Å². The monoisotopic (exact) mass is 258 g/mol. The van der Waals surface area contributed by atoms with E-state index in [1.165, 1.54) is 0 Å². The highest BCUT2D eigenvalue weighted by molar-refractivity contribution is 5.42. The molecule has 19 heavy (non-hydrogen) atoms. The molecule has 1 unspecified atom stereocenters. The van der Waals surface area contributed by atoms with E-state index < -0.39 is 0 Å². The average Bonchev–Trinajstić information content (AvgIpc) is 2.83. The van der Waals surface area contributed by atoms with E-state index in [0.717, 1.165) is 32.4 Å². The Hall–Kier alpha value is -1.57. The average molecular weight is 258 g/mol. The predicted octanol–water partition coefficient (Wildman–Crippen LogP) is 1.85. The second-order valence-corrected chi connectivity index (χ2v) is 5.30. The van der Waals surface area contributed by atoms with Gasteiger partial charge in [0.05, 0.1) is 17.8 Å². The molecule has 4 nitrogen and oxygen atoms in total. The lowest BCUT2D eigenvalue weighted by atomic mass is 9.89. The summed E-state index contributed by atoms with van der Waals surface area (Å²) in [7, 11) is 0. The number of hydrogen-bond donors (Lipinski definition) is 1. The Balaban J connectivity index is 1.67. The molecule has 0 radical (unpaired) electrons. The number of piperidine rings is 1. The van der Waals surface area contributed by atoms with Crippen molar-refractivity contribution in [2.24, 2.45) is 0 Å². The Morgan fingerprint density at radius 1 is 1.32 bits per heavy atom. The van der Waals surface area contributed by atoms with Crippen LogP contribution in [-0.2, 0) is 4.74 Å². The molecule has 2 saturated heterocycles. The molecule has 2 heterocycles. The number of nitriles is 1. The summed E-state index contributed by atoms with van der Waals surface area (Å²) in [4.78, 5) is 0. The maximum Gasteiger partial charge on any atom is 0.137 e. The summed E-state index contributed by atoms with van der Waals surface area (Å²) in [5.74, 6) is 0.671. The molecule has 1 aromatic rings. The maximum absolute atomic E-state index is 9.07. The van der Waals surface area contributed by atoms with E-state index in [1.54, 1.807) is 6.07 Å². The molecule has 1 aromatic carbocycles. The minimum atomic E-state index is -0.00248. The normalized spacial score (nSPS) is 25.1. The standard InChI is InChI=1S/C15H18N2O2/c16-10-12-3-1-2-4-14(12)19-13-9-15(18-11-13)5-7-17-8-6-15/h1-4,13,17H,5-9,11H2. The van der Waals surface area contributed by atoms with Crippen molar-refractivity contribution in [1.82, 2.24) is 5.32 Å². The lowest BCUT2D eigenvalue weighted by Crippen LogP contribution is -2.41. The van der Waals surface area contributed by atoms with E-state index in [0.29, 0.717) is 17.9 Å². The van der Waals surface area contributed by atoms with Crippen molar-refractivity contribution >= 4 is 0 Å². The van der Waals surface area contributed by atoms with Gasteiger partial charge < -0.3 is 14.8 Å². The van der Waals surface area contributed by atoms with Crippen LogP contribution in [0.15, 0.2) is 24.3 Å². The largest absolute Gasteiger partial charge is 0.487 e. The fourth-order valence-electron chi connectivity index (χ4n) is 2.95. The summed E-state index contributed by atoms with van der Waals surface area (Å²) < 4.78 is 11.9. The van der Waals surface area contributed by atoms with Crippen molar-refractivity contribution in [3.63, 3.8) is 0 Å². The van der Waals surface area contributed by atoms with Crippen molar-refractivity contribution in [2.45, 2.75) is 31.0 Å². The Kier molecular flexibility index (Phi) is 3.41. The molecule has 4 heteroatoms. The third kappa shape index (κ3) is 2.58. The van der Waals surface area contributed by atoms with Crippen LogP contribution in [-0.4, -0.2) is 31.4 Å². The quantitative estimate of drug-likeness (QED) is 0.879. The Bertz CT molecular complexity index is 489. The molecule has 1 N–H and O–H groups in total. The van der Waals surface area contributed by atoms with Gasteiger partial charge in [-0.3, -0.25) is 0 Å². The SMILES string of the molecule is N#Cc1ccccc1OC1COC2(CCNCC2)C1. The van der Waals surface area contributed by atoms with Crippen LogP contribution < -0.4 is 10.1 Å². The van der Waals surface area contributed by atoms with Gasteiger partial charge in [-0.05, 0) is 38.1 Å². The first-order valence-electron chi connectivity index (χ1n) is 6.82. The third-order valence-corrected chi connectivity index (χ3v) is 3.99. The summed E-state index contributed by atoms with van der Waals surface area (Å²) in [6, 6.07) is 9.55. The highest BCUT2D eigenvalue weighted by Gasteiger charge is 2.42. The molecule has 2 aliphatic heterocycles. The zero-order chi connectivity index (χ0) is 13.1. The molecule has 0 aromatic heterocycles. The van der Waals surface area contributed by atoms with Crippen molar-refractivity contribution in [1.29, 1.82) is 5.26 Å². The summed E-state index contributed by atoms with van der Waals surface area (Å²) in [5, 5.41) is 12.4. The first-order valence-corrected chi connectivity index (χ1v) is 6.82. The van der Waals surface area contributed by atoms with Gasteiger partial charge in [-0.15, -0.1) is 0 Å². The summed E-state index contributed by atoms with van der Waals surface area (Å²) in [6.07, 6.45) is 3.08. The Morgan fingerprint density at radius 3 is 2.89 bits per heavy atom. The molecule has 100 valence electrons. The van der Waals surface area contributed by atoms with E-state index >= 15 is 0 Å². The first kappa shape index (κ1) is 12.5. The summed E-state index contributed by atoms with van der Waals surface area (Å²) in [6.45, 7) is 2.66. The van der Waals surface area contributed by atoms with Crippen molar-refractivity contribution in [3.05, 3.63) is 29.8 Å². The van der Waals surface area contributed by atoms with Crippen LogP contribution in [0.5, 0.6) is 5.75 Å². The van der Waals surface area contributed by atoms with Crippen molar-refractivity contribution < 1.29 is 9.47 Å². The molecule has 0 aliphatic carbocycles. The van der Waals surface area contributed by atoms with Crippen LogP contribution >= 0.6 is 0 Å². The lowest BCUT2D eigenvalue weighted by Gasteiger charge is -2.32. The van der Waals surface area contributed by atoms with Gasteiger partial charge in [0.15, 0.2) is 0 Å². The highest BCUT2D eigenvalue weighted by Crippen LogP contribution is 2.36. The van der Waals surface area contributed by atoms with Crippen LogP contribution in [0.1, 0.15) is 24.8 Å². The third-order valence-electron chi connectivity index (χ3n) is 3.99. The molecule has 2 aliphatic rings. The number of hydrogen-bond acceptors (Lipinski definition) is 4. The molecule has 0 saturated carbocycles. The van der Waals surface area contributed by atoms with Gasteiger partial charge in [-0.25, -0.2) is 0 Å². The number of benzene rings is 1. The molecule has 0 bridgehead atoms. The van der Waals surface area contributed by atoms with Gasteiger partial charge in [0, 0.05) is 6.42 Å². The molecule has 3 rings (SSSR count). The molecular weight excluding hydrogens is 240 g/mol. The second-order valence-electron chi connectivity index (χ2n) is 5.30. The van der Waals surface area contributed by atoms with Crippen molar-refractivity contribution in [2.75, 3.05) is 19.7 Å². The number of ether oxygens (including phenoxy) is 2. The number of nitrogens with zero attached hydrogens (tertiary/aromatic N) is 1. The second kappa shape index (κ2) is 5.20. The minimum absolute atomic E-state index is 0.00248. The number of para-hydroxylation sites is 1. The number of rotatable bonds is 2. The Morgan fingerprint density at radius 2 is 2.11 bits per heavy atom. The van der Waals surface area contributed by atoms with Gasteiger partial charge in [0.1, 0.15) is 17.9 Å². The fraction of sp³-hybridized carbons (Fsp3) is 0.533. The van der Waals surface area contributed by atoms with Crippen LogP contribution in [0.2, 0.25) is 0 Å². The van der Waals surface area contributed by atoms with Gasteiger partial charge in [-0.1, -0.05) is 12.1 Å². The molecule has 0 amide bonds. The van der Waals surface area contributed by atoms with Gasteiger partial charge >= 0.3 is 0 Å². The molecule has 1 atom stereocenters. The van der Waals surface area contributed by atoms with Gasteiger partial charge in [-0.2, -0.15) is 5.26 Å². The lowest BCUT2D eigenvalue weighted by molar-refractivity contribution is -0.0205. The maximum atomic E-state index is 9.07. The zero-order valence-corrected chi connectivity index (χ0v) is 10.9. The highest BCUT2D eigenvalue weighted by atomic mass is 16.6. The number of nitrogens with one attached hydrogen (secondary N) is 1. The summed E-state index contributed by atoms with van der Waals surface area (Å²) >= 11 is 0. The molecular formula is C15H18N2O2. The summed E-state index contributed by atoms with van der Waals surface area (Å²) in [5.41, 5.74) is 0.589. The van der Waals surface area contributed by atoms with Crippen molar-refractivity contribution in [3.8, 4) is 11.8 Å². The smallest absolute Gasteiger partial charge is 0.137 e. The van der Waals surface area contributed by atoms with E-state index in [4.69, 9.17) is 14.7 Å². The van der Waals surface area contributed by atoms with Crippen LogP contribution in [0.25, 0.3) is 0 Å². The first-order chi connectivity index (χ1) is 9.31. The van der Waals surface area contributed by atoms with Crippen LogP contribution in [0, 0.1) is 11.3 Å². The zero-order valence-electron chi connectivity index (χ0n) is 10.9. The van der Waals surface area contributed by atoms with Gasteiger partial charge in [0.2, 0.25) is 0 Å². The van der Waals surface area contributed by atoms with Gasteiger partial charge in [0.25, 0.3) is 0 Å². The molecule has 2 fully saturated rings. The predicted molar refractivity (Wildman–Crippen MR) is 71.0 cm³/mol. The van der Waals surface area contributed by atoms with Crippen LogP contribution in [0.3, 0.4) is 0 Å². The van der Waals surface area contributed by atoms with E-state index in [1.807, 2.05) is 18.2 Å². The van der Waals surface area contributed by atoms with E-state index in [-0.39, 0.29) is 11.7 Å². The van der Waals surface area contributed by atoms with E-state index in [2.05, 4.69) is 11.4 Å². The topological polar surface area (TPSA) is 54.3 Å².